The van der Waals surface area contributed by atoms with Gasteiger partial charge in [-0.3, -0.25) is 4.79 Å². The average molecular weight is 311 g/mol. The van der Waals surface area contributed by atoms with E-state index in [2.05, 4.69) is 25.2 Å². The third kappa shape index (κ3) is 3.76. The van der Waals surface area contributed by atoms with Crippen molar-refractivity contribution in [2.75, 3.05) is 0 Å². The summed E-state index contributed by atoms with van der Waals surface area (Å²) in [7, 11) is 0. The SMILES string of the molecule is CC(=O)N1Cc2cc(Cl)cc(C=NSC(C)(C)C)c2C1. The van der Waals surface area contributed by atoms with Crippen LogP contribution >= 0.6 is 23.5 Å². The minimum absolute atomic E-state index is 0.0870. The lowest BCUT2D eigenvalue weighted by Gasteiger charge is -2.13. The van der Waals surface area contributed by atoms with Crippen LogP contribution in [-0.2, 0) is 17.9 Å². The number of amides is 1. The molecule has 1 aromatic rings. The highest BCUT2D eigenvalue weighted by Crippen LogP contribution is 2.30. The van der Waals surface area contributed by atoms with Gasteiger partial charge in [-0.25, -0.2) is 4.40 Å². The van der Waals surface area contributed by atoms with Crippen LogP contribution in [0.1, 0.15) is 44.4 Å². The van der Waals surface area contributed by atoms with Crippen molar-refractivity contribution in [3.63, 3.8) is 0 Å². The highest BCUT2D eigenvalue weighted by Gasteiger charge is 2.23. The van der Waals surface area contributed by atoms with Crippen molar-refractivity contribution >= 4 is 35.7 Å². The minimum atomic E-state index is 0.0870. The van der Waals surface area contributed by atoms with E-state index in [1.807, 2.05) is 23.2 Å². The van der Waals surface area contributed by atoms with Gasteiger partial charge in [0.25, 0.3) is 0 Å². The number of nitrogens with zero attached hydrogens (tertiary/aromatic N) is 2. The molecule has 0 atom stereocenters. The molecule has 0 saturated carbocycles. The average Bonchev–Trinajstić information content (AvgIpc) is 2.70. The molecule has 0 unspecified atom stereocenters. The molecule has 2 rings (SSSR count). The Kier molecular flexibility index (Phi) is 4.45. The largest absolute Gasteiger partial charge is 0.334 e. The molecule has 5 heteroatoms. The van der Waals surface area contributed by atoms with Crippen LogP contribution in [0, 0.1) is 0 Å². The fourth-order valence-corrected chi connectivity index (χ4v) is 2.81. The van der Waals surface area contributed by atoms with Crippen molar-refractivity contribution in [1.82, 2.24) is 4.90 Å². The van der Waals surface area contributed by atoms with Crippen LogP contribution in [-0.4, -0.2) is 21.8 Å². The first-order valence-corrected chi connectivity index (χ1v) is 7.70. The summed E-state index contributed by atoms with van der Waals surface area (Å²) in [4.78, 5) is 13.3. The maximum Gasteiger partial charge on any atom is 0.220 e. The van der Waals surface area contributed by atoms with Gasteiger partial charge in [-0.1, -0.05) is 11.6 Å². The zero-order valence-corrected chi connectivity index (χ0v) is 13.8. The first-order chi connectivity index (χ1) is 9.26. The Labute approximate surface area is 129 Å². The molecule has 1 amide bonds. The van der Waals surface area contributed by atoms with Gasteiger partial charge >= 0.3 is 0 Å². The first-order valence-electron chi connectivity index (χ1n) is 6.54. The summed E-state index contributed by atoms with van der Waals surface area (Å²) < 4.78 is 4.52. The lowest BCUT2D eigenvalue weighted by Crippen LogP contribution is -2.21. The second-order valence-corrected chi connectivity index (χ2v) is 8.00. The molecule has 20 heavy (non-hydrogen) atoms. The molecule has 108 valence electrons. The zero-order valence-electron chi connectivity index (χ0n) is 12.2. The molecule has 0 saturated heterocycles. The van der Waals surface area contributed by atoms with Gasteiger partial charge in [0, 0.05) is 41.6 Å². The van der Waals surface area contributed by atoms with E-state index in [1.165, 1.54) is 11.9 Å². The number of rotatable bonds is 2. The summed E-state index contributed by atoms with van der Waals surface area (Å²) in [6.45, 7) is 9.23. The number of hydrogen-bond donors (Lipinski definition) is 0. The molecule has 0 aliphatic carbocycles. The van der Waals surface area contributed by atoms with Crippen LogP contribution in [0.2, 0.25) is 5.02 Å². The maximum absolute atomic E-state index is 11.5. The standard InChI is InChI=1S/C15H19ClN2OS/c1-10(19)18-8-12-6-13(16)5-11(14(12)9-18)7-17-20-15(2,3)4/h5-7H,8-9H2,1-4H3. The summed E-state index contributed by atoms with van der Waals surface area (Å²) >= 11 is 7.69. The van der Waals surface area contributed by atoms with E-state index in [9.17, 15) is 4.79 Å². The molecule has 0 radical (unpaired) electrons. The van der Waals surface area contributed by atoms with Gasteiger partial charge in [-0.05, 0) is 56.0 Å². The third-order valence-electron chi connectivity index (χ3n) is 3.02. The monoisotopic (exact) mass is 310 g/mol. The van der Waals surface area contributed by atoms with Crippen molar-refractivity contribution in [2.24, 2.45) is 4.40 Å². The van der Waals surface area contributed by atoms with Crippen LogP contribution in [0.4, 0.5) is 0 Å². The Hall–Kier alpha value is -1.00. The van der Waals surface area contributed by atoms with Crippen LogP contribution in [0.25, 0.3) is 0 Å². The molecule has 1 heterocycles. The van der Waals surface area contributed by atoms with E-state index in [4.69, 9.17) is 11.6 Å². The van der Waals surface area contributed by atoms with Gasteiger partial charge in [0.05, 0.1) is 0 Å². The van der Waals surface area contributed by atoms with Crippen molar-refractivity contribution in [3.05, 3.63) is 33.8 Å². The van der Waals surface area contributed by atoms with Gasteiger partial charge in [0.1, 0.15) is 0 Å². The molecule has 0 fully saturated rings. The number of hydrogen-bond acceptors (Lipinski definition) is 3. The number of carbonyl (C=O) groups is 1. The first kappa shape index (κ1) is 15.4. The maximum atomic E-state index is 11.5. The van der Waals surface area contributed by atoms with Gasteiger partial charge in [0.15, 0.2) is 0 Å². The Balaban J connectivity index is 2.26. The van der Waals surface area contributed by atoms with E-state index in [-0.39, 0.29) is 10.7 Å². The molecule has 3 nitrogen and oxygen atoms in total. The molecule has 1 aliphatic heterocycles. The van der Waals surface area contributed by atoms with E-state index in [1.54, 1.807) is 6.92 Å². The van der Waals surface area contributed by atoms with E-state index < -0.39 is 0 Å². The minimum Gasteiger partial charge on any atom is -0.334 e. The normalized spacial score (nSPS) is 14.9. The van der Waals surface area contributed by atoms with Gasteiger partial charge in [0.2, 0.25) is 5.91 Å². The molecule has 1 aliphatic rings. The van der Waals surface area contributed by atoms with E-state index >= 15 is 0 Å². The molecule has 0 N–H and O–H groups in total. The Morgan fingerprint density at radius 2 is 2.10 bits per heavy atom. The van der Waals surface area contributed by atoms with Crippen molar-refractivity contribution in [3.8, 4) is 0 Å². The summed E-state index contributed by atoms with van der Waals surface area (Å²) in [5.74, 6) is 0.0873. The lowest BCUT2D eigenvalue weighted by molar-refractivity contribution is -0.129. The number of benzene rings is 1. The topological polar surface area (TPSA) is 32.7 Å². The second-order valence-electron chi connectivity index (χ2n) is 5.95. The quantitative estimate of drug-likeness (QED) is 0.609. The molecule has 0 aromatic heterocycles. The van der Waals surface area contributed by atoms with E-state index in [0.717, 1.165) is 16.7 Å². The molecule has 0 bridgehead atoms. The van der Waals surface area contributed by atoms with E-state index in [0.29, 0.717) is 18.1 Å². The third-order valence-corrected chi connectivity index (χ3v) is 3.99. The Bertz CT molecular complexity index is 564. The Morgan fingerprint density at radius 1 is 1.40 bits per heavy atom. The highest BCUT2D eigenvalue weighted by molar-refractivity contribution is 7.99. The smallest absolute Gasteiger partial charge is 0.220 e. The summed E-state index contributed by atoms with van der Waals surface area (Å²) in [6, 6.07) is 3.85. The van der Waals surface area contributed by atoms with Gasteiger partial charge in [-0.2, -0.15) is 0 Å². The second kappa shape index (κ2) is 5.78. The predicted octanol–water partition coefficient (Wildman–Crippen LogP) is 4.07. The van der Waals surface area contributed by atoms with Gasteiger partial charge < -0.3 is 4.90 Å². The Morgan fingerprint density at radius 3 is 2.70 bits per heavy atom. The summed E-state index contributed by atoms with van der Waals surface area (Å²) in [6.07, 6.45) is 1.85. The number of halogens is 1. The van der Waals surface area contributed by atoms with Crippen LogP contribution < -0.4 is 0 Å². The zero-order chi connectivity index (χ0) is 14.9. The van der Waals surface area contributed by atoms with Gasteiger partial charge in [-0.15, -0.1) is 0 Å². The molecule has 1 aromatic carbocycles. The number of fused-ring (bicyclic) bond motifs is 1. The summed E-state index contributed by atoms with van der Waals surface area (Å²) in [5, 5.41) is 0.691. The fourth-order valence-electron chi connectivity index (χ4n) is 2.08. The molecular formula is C15H19ClN2OS. The molecular weight excluding hydrogens is 292 g/mol. The van der Waals surface area contributed by atoms with Crippen molar-refractivity contribution < 1.29 is 4.79 Å². The van der Waals surface area contributed by atoms with Crippen molar-refractivity contribution in [2.45, 2.75) is 45.5 Å². The predicted molar refractivity (Wildman–Crippen MR) is 86.3 cm³/mol. The highest BCUT2D eigenvalue weighted by atomic mass is 35.5. The molecule has 0 spiro atoms. The van der Waals surface area contributed by atoms with Crippen LogP contribution in [0.5, 0.6) is 0 Å². The van der Waals surface area contributed by atoms with Crippen LogP contribution in [0.15, 0.2) is 16.5 Å². The van der Waals surface area contributed by atoms with Crippen LogP contribution in [0.3, 0.4) is 0 Å². The lowest BCUT2D eigenvalue weighted by atomic mass is 10.0. The fraction of sp³-hybridized carbons (Fsp3) is 0.467. The number of carbonyl (C=O) groups excluding carboxylic acids is 1. The van der Waals surface area contributed by atoms with Crippen molar-refractivity contribution in [1.29, 1.82) is 0 Å². The summed E-state index contributed by atoms with van der Waals surface area (Å²) in [5.41, 5.74) is 3.28.